The number of aromatic hydroxyl groups is 1. The third kappa shape index (κ3) is 5.16. The Balaban J connectivity index is 0.00000397. The number of phenolic OH excluding ortho intramolecular Hbond substituents is 1. The molecule has 1 N–H and O–H groups in total. The van der Waals surface area contributed by atoms with E-state index in [1.54, 1.807) is 6.07 Å². The number of nitrogens with zero attached hydrogens (tertiary/aromatic N) is 3. The maximum Gasteiger partial charge on any atom is 0.125 e. The number of imidazole rings is 1. The molecule has 55 heavy (non-hydrogen) atoms. The molecule has 0 radical (unpaired) electrons. The van der Waals surface area contributed by atoms with E-state index < -0.39 is 0 Å². The van der Waals surface area contributed by atoms with E-state index in [1.807, 2.05) is 30.3 Å². The van der Waals surface area contributed by atoms with E-state index in [0.717, 1.165) is 83.2 Å². The molecule has 3 aromatic heterocycles. The molecule has 6 aromatic carbocycles. The molecule has 1 aliphatic carbocycles. The number of hydrogen-bond donors (Lipinski definition) is 1. The van der Waals surface area contributed by atoms with Gasteiger partial charge >= 0.3 is 0 Å². The largest absolute Gasteiger partial charge is 0.507 e. The van der Waals surface area contributed by atoms with E-state index in [0.29, 0.717) is 11.8 Å². The second-order valence-corrected chi connectivity index (χ2v) is 15.8. The maximum atomic E-state index is 11.2. The number of phenols is 1. The fourth-order valence-corrected chi connectivity index (χ4v) is 8.85. The van der Waals surface area contributed by atoms with Gasteiger partial charge in [-0.05, 0) is 86.1 Å². The molecule has 0 spiro atoms. The number of para-hydroxylation sites is 3. The molecule has 0 bridgehead atoms. The van der Waals surface area contributed by atoms with E-state index in [9.17, 15) is 5.11 Å². The molecule has 0 saturated carbocycles. The van der Waals surface area contributed by atoms with Crippen LogP contribution < -0.4 is 0 Å². The first-order valence-corrected chi connectivity index (χ1v) is 18.9. The Morgan fingerprint density at radius 2 is 1.40 bits per heavy atom. The Morgan fingerprint density at radius 3 is 2.18 bits per heavy atom. The zero-order valence-electron chi connectivity index (χ0n) is 31.6. The van der Waals surface area contributed by atoms with Gasteiger partial charge in [0.2, 0.25) is 0 Å². The van der Waals surface area contributed by atoms with Crippen molar-refractivity contribution in [1.29, 1.82) is 0 Å². The molecule has 0 aliphatic heterocycles. The number of benzene rings is 6. The van der Waals surface area contributed by atoms with E-state index >= 15 is 0 Å². The smallest absolute Gasteiger partial charge is 0.125 e. The van der Waals surface area contributed by atoms with Crippen LogP contribution in [-0.2, 0) is 26.5 Å². The third-order valence-electron chi connectivity index (χ3n) is 11.6. The normalized spacial score (nSPS) is 13.3. The maximum absolute atomic E-state index is 11.2. The second kappa shape index (κ2) is 12.8. The van der Waals surface area contributed by atoms with Crippen LogP contribution in [0.3, 0.4) is 0 Å². The average molecular weight is 898 g/mol. The van der Waals surface area contributed by atoms with E-state index in [4.69, 9.17) is 14.4 Å². The predicted molar refractivity (Wildman–Crippen MR) is 221 cm³/mol. The Bertz CT molecular complexity index is 2980. The first kappa shape index (κ1) is 35.2. The number of rotatable bonds is 5. The average Bonchev–Trinajstić information content (AvgIpc) is 3.81. The third-order valence-corrected chi connectivity index (χ3v) is 11.6. The van der Waals surface area contributed by atoms with Crippen LogP contribution in [0.5, 0.6) is 5.75 Å². The van der Waals surface area contributed by atoms with Gasteiger partial charge in [-0.15, -0.1) is 12.1 Å². The van der Waals surface area contributed by atoms with Gasteiger partial charge in [0.15, 0.2) is 0 Å². The fraction of sp³-hybridized carbons (Fsp3) is 0.184. The molecule has 0 saturated heterocycles. The van der Waals surface area contributed by atoms with Gasteiger partial charge in [-0.2, -0.15) is 0 Å². The zero-order chi connectivity index (χ0) is 37.0. The van der Waals surface area contributed by atoms with Crippen LogP contribution in [0.4, 0.5) is 0 Å². The minimum absolute atomic E-state index is 0. The number of aromatic nitrogens is 3. The molecular weight excluding hydrogens is 858 g/mol. The van der Waals surface area contributed by atoms with Crippen LogP contribution in [0.2, 0.25) is 0 Å². The molecule has 0 amide bonds. The first-order valence-electron chi connectivity index (χ1n) is 18.9. The van der Waals surface area contributed by atoms with Gasteiger partial charge in [-0.3, -0.25) is 4.98 Å². The molecule has 0 atom stereocenters. The molecule has 6 heteroatoms. The molecule has 274 valence electrons. The predicted octanol–water partition coefficient (Wildman–Crippen LogP) is 12.9. The first-order chi connectivity index (χ1) is 26.1. The minimum Gasteiger partial charge on any atom is -0.507 e. The summed E-state index contributed by atoms with van der Waals surface area (Å²) in [5.74, 6) is 1.70. The van der Waals surface area contributed by atoms with E-state index in [-0.39, 0.29) is 32.2 Å². The molecule has 10 rings (SSSR count). The van der Waals surface area contributed by atoms with Crippen LogP contribution in [0.25, 0.3) is 83.3 Å². The Labute approximate surface area is 335 Å². The zero-order valence-corrected chi connectivity index (χ0v) is 33.9. The molecule has 1 aliphatic rings. The van der Waals surface area contributed by atoms with Crippen molar-refractivity contribution in [2.45, 2.75) is 58.8 Å². The van der Waals surface area contributed by atoms with Gasteiger partial charge in [0.25, 0.3) is 0 Å². The van der Waals surface area contributed by atoms with Crippen molar-refractivity contribution >= 4 is 43.7 Å². The Morgan fingerprint density at radius 1 is 0.691 bits per heavy atom. The Kier molecular flexibility index (Phi) is 8.18. The summed E-state index contributed by atoms with van der Waals surface area (Å²) in [6, 6.07) is 43.5. The molecule has 0 unspecified atom stereocenters. The van der Waals surface area contributed by atoms with Crippen LogP contribution in [0, 0.1) is 6.07 Å². The minimum atomic E-state index is -0.297. The van der Waals surface area contributed by atoms with E-state index in [1.165, 1.54) is 22.4 Å². The molecule has 5 nitrogen and oxygen atoms in total. The summed E-state index contributed by atoms with van der Waals surface area (Å²) >= 11 is 0. The summed E-state index contributed by atoms with van der Waals surface area (Å²) in [4.78, 5) is 10.7. The topological polar surface area (TPSA) is 64.1 Å². The van der Waals surface area contributed by atoms with Gasteiger partial charge < -0.3 is 14.1 Å². The summed E-state index contributed by atoms with van der Waals surface area (Å²) in [7, 11) is 0. The quantitative estimate of drug-likeness (QED) is 0.175. The number of fused-ring (bicyclic) bond motifs is 9. The summed E-state index contributed by atoms with van der Waals surface area (Å²) < 4.78 is 8.95. The van der Waals surface area contributed by atoms with Crippen LogP contribution in [0.1, 0.15) is 75.6 Å². The van der Waals surface area contributed by atoms with Crippen molar-refractivity contribution in [3.05, 3.63) is 144 Å². The number of pyridine rings is 1. The van der Waals surface area contributed by atoms with Gasteiger partial charge in [-0.1, -0.05) is 131 Å². The molecule has 3 heterocycles. The SMILES string of the molecule is CC(C)c1cccc(C(C)C)c1-n1c(-c2[c-]c3c(cc2)oc2ccc4c(c23)-c2nc(-c3c(O)ccc5ccccc35)ccc2C4(C)C)nc2ccccc21.[Pt]. The Hall–Kier alpha value is -5.51. The summed E-state index contributed by atoms with van der Waals surface area (Å²) in [6.45, 7) is 13.6. The monoisotopic (exact) mass is 897 g/mol. The number of hydrogen-bond acceptors (Lipinski definition) is 4. The molecule has 0 fully saturated rings. The number of furan rings is 1. The van der Waals surface area contributed by atoms with Crippen LogP contribution in [0.15, 0.2) is 120 Å². The second-order valence-electron chi connectivity index (χ2n) is 15.8. The van der Waals surface area contributed by atoms with Crippen molar-refractivity contribution in [2.24, 2.45) is 0 Å². The molecular formula is C49H40N3O2Pt-. The standard InChI is InChI=1S/C49H40N3O2.Pt/c1-27(2)31-14-11-15-32(28(3)4)47(31)52-39-17-10-9-16-37(39)51-48(52)30-19-24-41-34(26-30)44-42(54-41)25-21-35-45(44)46-36(49(35,5)6)20-22-38(50-46)43-33-13-8-7-12-29(33)18-23-40(43)53;/h7-25,27-28,53H,1-6H3;/q-1;. The van der Waals surface area contributed by atoms with Crippen molar-refractivity contribution in [3.8, 4) is 45.3 Å². The molecule has 9 aromatic rings. The van der Waals surface area contributed by atoms with E-state index in [2.05, 4.69) is 131 Å². The van der Waals surface area contributed by atoms with Gasteiger partial charge in [-0.25, -0.2) is 4.98 Å². The van der Waals surface area contributed by atoms with Crippen LogP contribution >= 0.6 is 0 Å². The van der Waals surface area contributed by atoms with Crippen molar-refractivity contribution < 1.29 is 30.6 Å². The van der Waals surface area contributed by atoms with Gasteiger partial charge in [0.05, 0.1) is 39.4 Å². The van der Waals surface area contributed by atoms with Crippen molar-refractivity contribution in [3.63, 3.8) is 0 Å². The summed E-state index contributed by atoms with van der Waals surface area (Å²) in [5, 5.41) is 15.1. The fourth-order valence-electron chi connectivity index (χ4n) is 8.85. The van der Waals surface area contributed by atoms with Crippen molar-refractivity contribution in [1.82, 2.24) is 14.5 Å². The summed E-state index contributed by atoms with van der Waals surface area (Å²) in [6.07, 6.45) is 0. The van der Waals surface area contributed by atoms with Gasteiger partial charge in [0, 0.05) is 37.7 Å². The summed E-state index contributed by atoms with van der Waals surface area (Å²) in [5.41, 5.74) is 13.7. The van der Waals surface area contributed by atoms with Crippen molar-refractivity contribution in [2.75, 3.05) is 0 Å². The van der Waals surface area contributed by atoms with Gasteiger partial charge in [0.1, 0.15) is 5.75 Å². The van der Waals surface area contributed by atoms with Crippen LogP contribution in [-0.4, -0.2) is 19.6 Å².